The Morgan fingerprint density at radius 1 is 0.889 bits per heavy atom. The van der Waals surface area contributed by atoms with Crippen molar-refractivity contribution in [3.63, 3.8) is 0 Å². The molecule has 0 aromatic heterocycles. The van der Waals surface area contributed by atoms with Crippen molar-refractivity contribution in [2.24, 2.45) is 0 Å². The van der Waals surface area contributed by atoms with E-state index < -0.39 is 0 Å². The van der Waals surface area contributed by atoms with Crippen LogP contribution in [0.15, 0.2) is 0 Å². The van der Waals surface area contributed by atoms with Crippen LogP contribution in [0.4, 0.5) is 0 Å². The number of hydrogen-bond donors (Lipinski definition) is 1. The van der Waals surface area contributed by atoms with Gasteiger partial charge in [0.15, 0.2) is 0 Å². The first-order valence-corrected chi connectivity index (χ1v) is 7.82. The van der Waals surface area contributed by atoms with Gasteiger partial charge in [-0.1, -0.05) is 32.1 Å². The van der Waals surface area contributed by atoms with Crippen LogP contribution in [-0.2, 0) is 4.74 Å². The van der Waals surface area contributed by atoms with Crippen molar-refractivity contribution in [1.82, 2.24) is 0 Å². The third-order valence-electron chi connectivity index (χ3n) is 3.96. The first kappa shape index (κ1) is 18.2. The predicted molar refractivity (Wildman–Crippen MR) is 73.6 cm³/mol. The molecule has 110 valence electrons. The molecule has 0 aromatic rings. The lowest BCUT2D eigenvalue weighted by molar-refractivity contribution is -0.896. The number of epoxide rings is 1. The molecule has 0 aromatic carbocycles. The van der Waals surface area contributed by atoms with E-state index in [1.807, 2.05) is 0 Å². The smallest absolute Gasteiger partial charge is 0.0810 e. The van der Waals surface area contributed by atoms with Gasteiger partial charge in [0.25, 0.3) is 0 Å². The van der Waals surface area contributed by atoms with Crippen molar-refractivity contribution < 1.29 is 22.0 Å². The zero-order chi connectivity index (χ0) is 12.3. The van der Waals surface area contributed by atoms with Gasteiger partial charge in [0.1, 0.15) is 0 Å². The Morgan fingerprint density at radius 2 is 1.39 bits per heavy atom. The summed E-state index contributed by atoms with van der Waals surface area (Å²) in [6.45, 7) is 9.59. The Labute approximate surface area is 120 Å². The maximum absolute atomic E-state index is 5.21. The highest BCUT2D eigenvalue weighted by molar-refractivity contribution is 4.68. The molecule has 0 bridgehead atoms. The van der Waals surface area contributed by atoms with Crippen LogP contribution in [0.1, 0.15) is 65.2 Å². The highest BCUT2D eigenvalue weighted by Crippen LogP contribution is 2.18. The van der Waals surface area contributed by atoms with E-state index in [1.54, 1.807) is 4.90 Å². The molecule has 2 nitrogen and oxygen atoms in total. The Kier molecular flexibility index (Phi) is 12.4. The van der Waals surface area contributed by atoms with Gasteiger partial charge in [-0.3, -0.25) is 0 Å². The molecule has 1 heterocycles. The lowest BCUT2D eigenvalue weighted by atomic mass is 10.1. The Balaban J connectivity index is 0.00000289. The van der Waals surface area contributed by atoms with Crippen LogP contribution in [-0.4, -0.2) is 32.3 Å². The monoisotopic (exact) mass is 277 g/mol. The van der Waals surface area contributed by atoms with E-state index in [4.69, 9.17) is 4.74 Å². The van der Waals surface area contributed by atoms with Gasteiger partial charge in [0.2, 0.25) is 0 Å². The number of halogens is 1. The Morgan fingerprint density at radius 3 is 1.89 bits per heavy atom. The van der Waals surface area contributed by atoms with Gasteiger partial charge < -0.3 is 22.0 Å². The summed E-state index contributed by atoms with van der Waals surface area (Å²) in [5.41, 5.74) is 0. The van der Waals surface area contributed by atoms with Crippen molar-refractivity contribution in [3.05, 3.63) is 0 Å². The van der Waals surface area contributed by atoms with Gasteiger partial charge >= 0.3 is 0 Å². The highest BCUT2D eigenvalue weighted by atomic mass is 35.5. The average Bonchev–Trinajstić information content (AvgIpc) is 3.16. The van der Waals surface area contributed by atoms with Gasteiger partial charge in [0.05, 0.1) is 32.3 Å². The maximum atomic E-state index is 5.21. The van der Waals surface area contributed by atoms with Gasteiger partial charge in [-0.25, -0.2) is 0 Å². The van der Waals surface area contributed by atoms with E-state index in [-0.39, 0.29) is 12.4 Å². The van der Waals surface area contributed by atoms with E-state index in [9.17, 15) is 0 Å². The fourth-order valence-corrected chi connectivity index (χ4v) is 2.47. The summed E-state index contributed by atoms with van der Waals surface area (Å²) >= 11 is 0. The van der Waals surface area contributed by atoms with Gasteiger partial charge in [-0.2, -0.15) is 0 Å². The van der Waals surface area contributed by atoms with E-state index in [2.05, 4.69) is 13.8 Å². The standard InChI is InChI=1S/C15H31NO.ClH/c1-3-16(4-2)13-11-9-7-5-6-8-10-12-15-14-17-15;/h15H,3-14H2,1-2H3;1H. The summed E-state index contributed by atoms with van der Waals surface area (Å²) in [5.74, 6) is 0. The van der Waals surface area contributed by atoms with Crippen LogP contribution in [0.2, 0.25) is 0 Å². The molecule has 1 fully saturated rings. The second-order valence-corrected chi connectivity index (χ2v) is 5.43. The minimum Gasteiger partial charge on any atom is -1.00 e. The number of unbranched alkanes of at least 4 members (excludes halogenated alkanes) is 6. The predicted octanol–water partition coefficient (Wildman–Crippen LogP) is -0.565. The molecule has 1 unspecified atom stereocenters. The number of rotatable bonds is 12. The molecule has 1 atom stereocenters. The molecule has 0 aliphatic carbocycles. The van der Waals surface area contributed by atoms with Crippen LogP contribution >= 0.6 is 0 Å². The molecule has 1 saturated heterocycles. The van der Waals surface area contributed by atoms with Crippen molar-refractivity contribution in [3.8, 4) is 0 Å². The summed E-state index contributed by atoms with van der Waals surface area (Å²) in [4.78, 5) is 1.76. The Bertz CT molecular complexity index is 170. The van der Waals surface area contributed by atoms with Crippen LogP contribution in [0, 0.1) is 0 Å². The lowest BCUT2D eigenvalue weighted by Crippen LogP contribution is -3.11. The van der Waals surface area contributed by atoms with Gasteiger partial charge in [-0.05, 0) is 33.1 Å². The molecule has 3 heteroatoms. The quantitative estimate of drug-likeness (QED) is 0.374. The van der Waals surface area contributed by atoms with E-state index >= 15 is 0 Å². The first-order valence-electron chi connectivity index (χ1n) is 7.82. The number of nitrogens with one attached hydrogen (secondary N) is 1. The molecule has 1 rings (SSSR count). The van der Waals surface area contributed by atoms with Crippen LogP contribution in [0.3, 0.4) is 0 Å². The Hall–Kier alpha value is 0.210. The van der Waals surface area contributed by atoms with E-state index in [0.717, 1.165) is 6.61 Å². The number of ether oxygens (including phenoxy) is 1. The fourth-order valence-electron chi connectivity index (χ4n) is 2.47. The third kappa shape index (κ3) is 10.2. The average molecular weight is 278 g/mol. The topological polar surface area (TPSA) is 17.0 Å². The zero-order valence-electron chi connectivity index (χ0n) is 12.3. The van der Waals surface area contributed by atoms with Crippen LogP contribution in [0.25, 0.3) is 0 Å². The SMILES string of the molecule is CC[NH+](CC)CCCCCCCCCC1CO1.[Cl-]. The molecular formula is C15H32ClNO. The molecular weight excluding hydrogens is 246 g/mol. The second kappa shape index (κ2) is 12.3. The summed E-state index contributed by atoms with van der Waals surface area (Å²) in [6, 6.07) is 0. The van der Waals surface area contributed by atoms with Crippen molar-refractivity contribution in [2.45, 2.75) is 71.3 Å². The highest BCUT2D eigenvalue weighted by Gasteiger charge is 2.20. The van der Waals surface area contributed by atoms with Gasteiger partial charge in [0, 0.05) is 0 Å². The zero-order valence-corrected chi connectivity index (χ0v) is 13.1. The van der Waals surface area contributed by atoms with Crippen LogP contribution < -0.4 is 17.3 Å². The molecule has 1 aliphatic heterocycles. The summed E-state index contributed by atoms with van der Waals surface area (Å²) in [7, 11) is 0. The maximum Gasteiger partial charge on any atom is 0.0810 e. The van der Waals surface area contributed by atoms with Crippen LogP contribution in [0.5, 0.6) is 0 Å². The van der Waals surface area contributed by atoms with Gasteiger partial charge in [-0.15, -0.1) is 0 Å². The molecule has 0 saturated carbocycles. The van der Waals surface area contributed by atoms with Crippen molar-refractivity contribution in [1.29, 1.82) is 0 Å². The van der Waals surface area contributed by atoms with E-state index in [0.29, 0.717) is 6.10 Å². The van der Waals surface area contributed by atoms with E-state index in [1.165, 1.54) is 71.0 Å². The normalized spacial score (nSPS) is 17.8. The molecule has 1 aliphatic rings. The van der Waals surface area contributed by atoms with Crippen molar-refractivity contribution >= 4 is 0 Å². The molecule has 18 heavy (non-hydrogen) atoms. The molecule has 0 amide bonds. The molecule has 0 radical (unpaired) electrons. The first-order chi connectivity index (χ1) is 8.36. The second-order valence-electron chi connectivity index (χ2n) is 5.43. The molecule has 0 spiro atoms. The number of hydrogen-bond acceptors (Lipinski definition) is 1. The minimum absolute atomic E-state index is 0. The summed E-state index contributed by atoms with van der Waals surface area (Å²) in [6.07, 6.45) is 11.9. The summed E-state index contributed by atoms with van der Waals surface area (Å²) in [5, 5.41) is 0. The molecule has 1 N–H and O–H groups in total. The minimum atomic E-state index is 0. The third-order valence-corrected chi connectivity index (χ3v) is 3.96. The fraction of sp³-hybridized carbons (Fsp3) is 1.00. The number of quaternary nitrogens is 1. The summed E-state index contributed by atoms with van der Waals surface area (Å²) < 4.78 is 5.21. The van der Waals surface area contributed by atoms with Crippen molar-refractivity contribution in [2.75, 3.05) is 26.2 Å². The largest absolute Gasteiger partial charge is 1.00 e. The lowest BCUT2D eigenvalue weighted by Gasteiger charge is -2.14.